The molecule has 0 aliphatic carbocycles. The van der Waals surface area contributed by atoms with Crippen LogP contribution in [0.25, 0.3) is 11.4 Å². The summed E-state index contributed by atoms with van der Waals surface area (Å²) in [5.41, 5.74) is 0.279. The van der Waals surface area contributed by atoms with Crippen LogP contribution in [-0.4, -0.2) is 20.3 Å². The molecule has 7 nitrogen and oxygen atoms in total. The van der Waals surface area contributed by atoms with Gasteiger partial charge in [-0.15, -0.1) is 0 Å². The average molecular weight is 312 g/mol. The van der Waals surface area contributed by atoms with E-state index in [-0.39, 0.29) is 23.9 Å². The van der Waals surface area contributed by atoms with Crippen LogP contribution in [0.4, 0.5) is 13.2 Å². The fraction of sp³-hybridized carbons (Fsp3) is 0.167. The molecule has 3 rings (SSSR count). The molecule has 0 saturated heterocycles. The summed E-state index contributed by atoms with van der Waals surface area (Å²) in [5, 5.41) is 6.80. The van der Waals surface area contributed by atoms with Crippen LogP contribution in [0.3, 0.4) is 0 Å². The van der Waals surface area contributed by atoms with Crippen LogP contribution in [0, 0.1) is 0 Å². The summed E-state index contributed by atoms with van der Waals surface area (Å²) in [6, 6.07) is 4.44. The van der Waals surface area contributed by atoms with E-state index in [9.17, 15) is 13.2 Å². The highest BCUT2D eigenvalue weighted by Crippen LogP contribution is 2.29. The zero-order valence-corrected chi connectivity index (χ0v) is 10.7. The van der Waals surface area contributed by atoms with Gasteiger partial charge in [-0.25, -0.2) is 4.98 Å². The Hall–Kier alpha value is -2.91. The van der Waals surface area contributed by atoms with Crippen molar-refractivity contribution in [3.05, 3.63) is 42.2 Å². The van der Waals surface area contributed by atoms with E-state index in [1.54, 1.807) is 6.07 Å². The average Bonchev–Trinajstić information content (AvgIpc) is 3.16. The Morgan fingerprint density at radius 3 is 2.68 bits per heavy atom. The molecule has 0 spiro atoms. The molecule has 0 bridgehead atoms. The van der Waals surface area contributed by atoms with E-state index in [0.29, 0.717) is 5.76 Å². The topological polar surface area (TPSA) is 87.1 Å². The van der Waals surface area contributed by atoms with E-state index in [2.05, 4.69) is 24.8 Å². The van der Waals surface area contributed by atoms with Crippen LogP contribution in [-0.2, 0) is 12.8 Å². The fourth-order valence-corrected chi connectivity index (χ4v) is 1.54. The SMILES string of the molecule is FC(F)(F)c1nc(-c2ccnc(OCc3ccno3)c2)no1. The smallest absolute Gasteiger partial charge is 0.469 e. The van der Waals surface area contributed by atoms with E-state index in [1.165, 1.54) is 24.5 Å². The van der Waals surface area contributed by atoms with Gasteiger partial charge in [0.2, 0.25) is 11.7 Å². The summed E-state index contributed by atoms with van der Waals surface area (Å²) in [4.78, 5) is 7.22. The number of aromatic nitrogens is 4. The molecule has 10 heteroatoms. The molecular weight excluding hydrogens is 305 g/mol. The Bertz CT molecular complexity index is 755. The van der Waals surface area contributed by atoms with Crippen LogP contribution in [0.5, 0.6) is 5.88 Å². The summed E-state index contributed by atoms with van der Waals surface area (Å²) in [7, 11) is 0. The van der Waals surface area contributed by atoms with Gasteiger partial charge in [0.15, 0.2) is 12.4 Å². The third-order valence-corrected chi connectivity index (χ3v) is 2.52. The van der Waals surface area contributed by atoms with Gasteiger partial charge in [0.25, 0.3) is 0 Å². The lowest BCUT2D eigenvalue weighted by Crippen LogP contribution is -2.04. The lowest BCUT2D eigenvalue weighted by Gasteiger charge is -2.03. The zero-order valence-electron chi connectivity index (χ0n) is 10.7. The van der Waals surface area contributed by atoms with Gasteiger partial charge in [-0.2, -0.15) is 18.2 Å². The van der Waals surface area contributed by atoms with Gasteiger partial charge in [0.05, 0.1) is 6.20 Å². The van der Waals surface area contributed by atoms with Gasteiger partial charge in [-0.1, -0.05) is 10.3 Å². The molecule has 114 valence electrons. The lowest BCUT2D eigenvalue weighted by atomic mass is 10.2. The molecule has 0 unspecified atom stereocenters. The van der Waals surface area contributed by atoms with Crippen molar-refractivity contribution in [1.82, 2.24) is 20.3 Å². The molecule has 0 saturated carbocycles. The third-order valence-electron chi connectivity index (χ3n) is 2.52. The van der Waals surface area contributed by atoms with Crippen molar-refractivity contribution >= 4 is 0 Å². The molecule has 0 atom stereocenters. The molecular formula is C12H7F3N4O3. The highest BCUT2D eigenvalue weighted by molar-refractivity contribution is 5.55. The Morgan fingerprint density at radius 1 is 1.14 bits per heavy atom. The minimum atomic E-state index is -4.69. The zero-order chi connectivity index (χ0) is 15.6. The number of rotatable bonds is 4. The maximum atomic E-state index is 12.4. The summed E-state index contributed by atoms with van der Waals surface area (Å²) in [6.07, 6.45) is -1.88. The second-order valence-electron chi connectivity index (χ2n) is 4.07. The van der Waals surface area contributed by atoms with E-state index in [4.69, 9.17) is 9.26 Å². The quantitative estimate of drug-likeness (QED) is 0.732. The summed E-state index contributed by atoms with van der Waals surface area (Å²) in [6.45, 7) is 0.0799. The number of nitrogens with zero attached hydrogens (tertiary/aromatic N) is 4. The van der Waals surface area contributed by atoms with E-state index < -0.39 is 12.1 Å². The summed E-state index contributed by atoms with van der Waals surface area (Å²) >= 11 is 0. The molecule has 0 fully saturated rings. The monoisotopic (exact) mass is 312 g/mol. The van der Waals surface area contributed by atoms with E-state index in [0.717, 1.165) is 0 Å². The Labute approximate surface area is 120 Å². The second kappa shape index (κ2) is 5.47. The fourth-order valence-electron chi connectivity index (χ4n) is 1.54. The van der Waals surface area contributed by atoms with Crippen molar-refractivity contribution in [3.63, 3.8) is 0 Å². The van der Waals surface area contributed by atoms with Gasteiger partial charge in [-0.05, 0) is 6.07 Å². The molecule has 0 aliphatic heterocycles. The van der Waals surface area contributed by atoms with E-state index >= 15 is 0 Å². The number of halogens is 3. The minimum Gasteiger partial charge on any atom is -0.469 e. The maximum Gasteiger partial charge on any atom is 0.471 e. The second-order valence-corrected chi connectivity index (χ2v) is 4.07. The van der Waals surface area contributed by atoms with Crippen molar-refractivity contribution < 1.29 is 27.0 Å². The summed E-state index contributed by atoms with van der Waals surface area (Å²) < 4.78 is 51.6. The molecule has 0 aromatic carbocycles. The molecule has 22 heavy (non-hydrogen) atoms. The first kappa shape index (κ1) is 14.0. The number of hydrogen-bond donors (Lipinski definition) is 0. The highest BCUT2D eigenvalue weighted by atomic mass is 19.4. The van der Waals surface area contributed by atoms with Gasteiger partial charge < -0.3 is 13.8 Å². The predicted molar refractivity (Wildman–Crippen MR) is 63.4 cm³/mol. The Balaban J connectivity index is 1.77. The van der Waals surface area contributed by atoms with Gasteiger partial charge >= 0.3 is 12.1 Å². The van der Waals surface area contributed by atoms with Gasteiger partial charge in [0, 0.05) is 23.9 Å². The van der Waals surface area contributed by atoms with Crippen LogP contribution in [0.1, 0.15) is 11.7 Å². The number of hydrogen-bond acceptors (Lipinski definition) is 7. The minimum absolute atomic E-state index is 0.0799. The lowest BCUT2D eigenvalue weighted by molar-refractivity contribution is -0.159. The highest BCUT2D eigenvalue weighted by Gasteiger charge is 2.38. The molecule has 0 aliphatic rings. The number of pyridine rings is 1. The number of alkyl halides is 3. The summed E-state index contributed by atoms with van der Waals surface area (Å²) in [5.74, 6) is -0.971. The van der Waals surface area contributed by atoms with Crippen molar-refractivity contribution in [2.24, 2.45) is 0 Å². The normalized spacial score (nSPS) is 11.6. The van der Waals surface area contributed by atoms with E-state index in [1.807, 2.05) is 0 Å². The largest absolute Gasteiger partial charge is 0.471 e. The first-order valence-electron chi connectivity index (χ1n) is 5.92. The van der Waals surface area contributed by atoms with Crippen LogP contribution in [0.15, 0.2) is 39.6 Å². The third kappa shape index (κ3) is 3.05. The maximum absolute atomic E-state index is 12.4. The molecule has 3 heterocycles. The van der Waals surface area contributed by atoms with Crippen LogP contribution >= 0.6 is 0 Å². The van der Waals surface area contributed by atoms with Crippen LogP contribution < -0.4 is 4.74 Å². The van der Waals surface area contributed by atoms with Crippen molar-refractivity contribution in [1.29, 1.82) is 0 Å². The molecule has 0 N–H and O–H groups in total. The predicted octanol–water partition coefficient (Wildman–Crippen LogP) is 2.72. The molecule has 0 radical (unpaired) electrons. The van der Waals surface area contributed by atoms with Crippen molar-refractivity contribution in [2.75, 3.05) is 0 Å². The van der Waals surface area contributed by atoms with Crippen molar-refractivity contribution in [3.8, 4) is 17.3 Å². The van der Waals surface area contributed by atoms with Gasteiger partial charge in [0.1, 0.15) is 0 Å². The molecule has 3 aromatic heterocycles. The molecule has 0 amide bonds. The first-order chi connectivity index (χ1) is 10.5. The first-order valence-corrected chi connectivity index (χ1v) is 5.92. The Kier molecular flexibility index (Phi) is 3.49. The standard InChI is InChI=1S/C12H7F3N4O3/c13-12(14,15)11-18-10(19-22-11)7-1-3-16-9(5-7)20-6-8-2-4-17-21-8/h1-5H,6H2. The van der Waals surface area contributed by atoms with Crippen molar-refractivity contribution in [2.45, 2.75) is 12.8 Å². The van der Waals surface area contributed by atoms with Gasteiger partial charge in [-0.3, -0.25) is 0 Å². The number of ether oxygens (including phenoxy) is 1. The molecule has 3 aromatic rings. The van der Waals surface area contributed by atoms with Crippen LogP contribution in [0.2, 0.25) is 0 Å². The Morgan fingerprint density at radius 2 is 2.00 bits per heavy atom.